The Kier molecular flexibility index (Phi) is 3.90. The molecule has 104 valence electrons. The van der Waals surface area contributed by atoms with E-state index in [1.807, 2.05) is 0 Å². The monoisotopic (exact) mass is 258 g/mol. The molecule has 2 aliphatic rings. The van der Waals surface area contributed by atoms with Crippen molar-refractivity contribution in [2.24, 2.45) is 11.7 Å². The molecule has 2 atom stereocenters. The second-order valence-corrected chi connectivity index (χ2v) is 6.11. The largest absolute Gasteiger partial charge is 0.330 e. The van der Waals surface area contributed by atoms with Crippen molar-refractivity contribution in [3.63, 3.8) is 0 Å². The van der Waals surface area contributed by atoms with Gasteiger partial charge in [-0.3, -0.25) is 4.90 Å². The maximum atomic E-state index is 6.06. The zero-order valence-corrected chi connectivity index (χ0v) is 12.0. The van der Waals surface area contributed by atoms with Gasteiger partial charge >= 0.3 is 0 Å². The van der Waals surface area contributed by atoms with Gasteiger partial charge in [-0.15, -0.1) is 0 Å². The number of nitrogens with zero attached hydrogens (tertiary/aromatic N) is 1. The average Bonchev–Trinajstić information content (AvgIpc) is 3.31. The van der Waals surface area contributed by atoms with Gasteiger partial charge in [0.05, 0.1) is 0 Å². The summed E-state index contributed by atoms with van der Waals surface area (Å²) in [6, 6.07) is 9.67. The van der Waals surface area contributed by atoms with Gasteiger partial charge in [0.2, 0.25) is 0 Å². The number of hydrogen-bond donors (Lipinski definition) is 1. The van der Waals surface area contributed by atoms with Gasteiger partial charge in [-0.1, -0.05) is 31.2 Å². The molecular formula is C17H26N2. The summed E-state index contributed by atoms with van der Waals surface area (Å²) in [4.78, 5) is 2.64. The van der Waals surface area contributed by atoms with E-state index in [4.69, 9.17) is 5.73 Å². The molecule has 3 rings (SSSR count). The Morgan fingerprint density at radius 1 is 1.16 bits per heavy atom. The predicted octanol–water partition coefficient (Wildman–Crippen LogP) is 3.30. The van der Waals surface area contributed by atoms with E-state index in [2.05, 4.69) is 36.1 Å². The number of nitrogens with two attached hydrogens (primary N) is 1. The molecule has 0 amide bonds. The van der Waals surface area contributed by atoms with E-state index in [1.54, 1.807) is 11.1 Å². The van der Waals surface area contributed by atoms with Crippen LogP contribution in [0.2, 0.25) is 0 Å². The fourth-order valence-corrected chi connectivity index (χ4v) is 3.75. The second-order valence-electron chi connectivity index (χ2n) is 6.11. The molecular weight excluding hydrogens is 232 g/mol. The van der Waals surface area contributed by atoms with Crippen molar-refractivity contribution in [1.82, 2.24) is 4.90 Å². The van der Waals surface area contributed by atoms with Crippen LogP contribution in [-0.2, 0) is 0 Å². The third-order valence-corrected chi connectivity index (χ3v) is 4.90. The fourth-order valence-electron chi connectivity index (χ4n) is 3.75. The Morgan fingerprint density at radius 3 is 2.53 bits per heavy atom. The second kappa shape index (κ2) is 5.64. The molecule has 1 aromatic rings. The highest BCUT2D eigenvalue weighted by molar-refractivity contribution is 5.36. The smallest absolute Gasteiger partial charge is 0.0391 e. The third-order valence-electron chi connectivity index (χ3n) is 4.90. The molecule has 1 saturated heterocycles. The van der Waals surface area contributed by atoms with Crippen molar-refractivity contribution in [3.8, 4) is 0 Å². The number of rotatable bonds is 4. The van der Waals surface area contributed by atoms with Gasteiger partial charge in [0, 0.05) is 6.04 Å². The Balaban J connectivity index is 1.96. The number of likely N-dealkylation sites (tertiary alicyclic amines) is 1. The lowest BCUT2D eigenvalue weighted by Gasteiger charge is -2.41. The molecule has 2 heteroatoms. The topological polar surface area (TPSA) is 29.3 Å². The Hall–Kier alpha value is -0.860. The molecule has 1 aliphatic heterocycles. The fraction of sp³-hybridized carbons (Fsp3) is 0.647. The van der Waals surface area contributed by atoms with E-state index in [1.165, 1.54) is 32.2 Å². The van der Waals surface area contributed by atoms with Crippen LogP contribution in [0.1, 0.15) is 55.7 Å². The Bertz CT molecular complexity index is 413. The summed E-state index contributed by atoms with van der Waals surface area (Å²) in [6.45, 7) is 5.47. The molecule has 19 heavy (non-hydrogen) atoms. The summed E-state index contributed by atoms with van der Waals surface area (Å²) >= 11 is 0. The van der Waals surface area contributed by atoms with Crippen molar-refractivity contribution < 1.29 is 0 Å². The minimum absolute atomic E-state index is 0.556. The SMILES string of the molecule is CCN1CCCC(CN)C1c1ccccc1C1CC1. The molecule has 1 heterocycles. The van der Waals surface area contributed by atoms with Crippen LogP contribution in [-0.4, -0.2) is 24.5 Å². The van der Waals surface area contributed by atoms with Crippen molar-refractivity contribution in [2.45, 2.75) is 44.6 Å². The van der Waals surface area contributed by atoms with Crippen molar-refractivity contribution in [1.29, 1.82) is 0 Å². The van der Waals surface area contributed by atoms with Crippen molar-refractivity contribution >= 4 is 0 Å². The van der Waals surface area contributed by atoms with E-state index < -0.39 is 0 Å². The van der Waals surface area contributed by atoms with Crippen molar-refractivity contribution in [3.05, 3.63) is 35.4 Å². The first-order valence-electron chi connectivity index (χ1n) is 7.88. The summed E-state index contributed by atoms with van der Waals surface area (Å²) in [7, 11) is 0. The van der Waals surface area contributed by atoms with Gasteiger partial charge in [0.15, 0.2) is 0 Å². The molecule has 0 bridgehead atoms. The predicted molar refractivity (Wildman–Crippen MR) is 80.2 cm³/mol. The molecule has 2 fully saturated rings. The summed E-state index contributed by atoms with van der Waals surface area (Å²) in [5.74, 6) is 1.46. The number of benzene rings is 1. The van der Waals surface area contributed by atoms with E-state index in [0.717, 1.165) is 19.0 Å². The standard InChI is InChI=1S/C17H26N2/c1-2-19-11-5-6-14(12-18)17(19)16-8-4-3-7-15(16)13-9-10-13/h3-4,7-8,13-14,17H,2,5-6,9-12,18H2,1H3. The summed E-state index contributed by atoms with van der Waals surface area (Å²) in [6.07, 6.45) is 5.35. The van der Waals surface area contributed by atoms with Gasteiger partial charge < -0.3 is 5.73 Å². The first-order chi connectivity index (χ1) is 9.35. The van der Waals surface area contributed by atoms with E-state index in [9.17, 15) is 0 Å². The Labute approximate surface area is 117 Å². The summed E-state index contributed by atoms with van der Waals surface area (Å²) < 4.78 is 0. The van der Waals surface area contributed by atoms with Crippen LogP contribution in [0.4, 0.5) is 0 Å². The molecule has 2 unspecified atom stereocenters. The molecule has 1 saturated carbocycles. The highest BCUT2D eigenvalue weighted by Crippen LogP contribution is 2.46. The summed E-state index contributed by atoms with van der Waals surface area (Å²) in [5.41, 5.74) is 9.24. The lowest BCUT2D eigenvalue weighted by molar-refractivity contribution is 0.101. The van der Waals surface area contributed by atoms with Gasteiger partial charge in [0.1, 0.15) is 0 Å². The van der Waals surface area contributed by atoms with E-state index >= 15 is 0 Å². The van der Waals surface area contributed by atoms with Gasteiger partial charge in [-0.2, -0.15) is 0 Å². The molecule has 1 aromatic carbocycles. The third kappa shape index (κ3) is 2.56. The number of piperidine rings is 1. The lowest BCUT2D eigenvalue weighted by atomic mass is 9.82. The van der Waals surface area contributed by atoms with Crippen LogP contribution in [0, 0.1) is 5.92 Å². The van der Waals surface area contributed by atoms with E-state index in [-0.39, 0.29) is 0 Å². The van der Waals surface area contributed by atoms with Crippen LogP contribution in [0.25, 0.3) is 0 Å². The van der Waals surface area contributed by atoms with Crippen LogP contribution < -0.4 is 5.73 Å². The highest BCUT2D eigenvalue weighted by atomic mass is 15.2. The molecule has 2 N–H and O–H groups in total. The molecule has 1 aliphatic carbocycles. The van der Waals surface area contributed by atoms with Crippen molar-refractivity contribution in [2.75, 3.05) is 19.6 Å². The maximum Gasteiger partial charge on any atom is 0.0391 e. The lowest BCUT2D eigenvalue weighted by Crippen LogP contribution is -2.41. The first kappa shape index (κ1) is 13.1. The number of hydrogen-bond acceptors (Lipinski definition) is 2. The summed E-state index contributed by atoms with van der Waals surface area (Å²) in [5, 5.41) is 0. The molecule has 2 nitrogen and oxygen atoms in total. The average molecular weight is 258 g/mol. The van der Waals surface area contributed by atoms with Crippen LogP contribution in [0.3, 0.4) is 0 Å². The quantitative estimate of drug-likeness (QED) is 0.898. The van der Waals surface area contributed by atoms with Crippen LogP contribution in [0.5, 0.6) is 0 Å². The highest BCUT2D eigenvalue weighted by Gasteiger charge is 2.35. The van der Waals surface area contributed by atoms with Gasteiger partial charge in [-0.05, 0) is 68.3 Å². The van der Waals surface area contributed by atoms with Gasteiger partial charge in [-0.25, -0.2) is 0 Å². The molecule has 0 radical (unpaired) electrons. The Morgan fingerprint density at radius 2 is 1.89 bits per heavy atom. The zero-order chi connectivity index (χ0) is 13.2. The normalized spacial score (nSPS) is 28.5. The zero-order valence-electron chi connectivity index (χ0n) is 12.0. The van der Waals surface area contributed by atoms with E-state index in [0.29, 0.717) is 12.0 Å². The molecule has 0 aromatic heterocycles. The van der Waals surface area contributed by atoms with Gasteiger partial charge in [0.25, 0.3) is 0 Å². The minimum atomic E-state index is 0.556. The first-order valence-corrected chi connectivity index (χ1v) is 7.88. The van der Waals surface area contributed by atoms with Crippen LogP contribution in [0.15, 0.2) is 24.3 Å². The molecule has 0 spiro atoms. The van der Waals surface area contributed by atoms with Crippen LogP contribution >= 0.6 is 0 Å². The maximum absolute atomic E-state index is 6.06. The minimum Gasteiger partial charge on any atom is -0.330 e.